The summed E-state index contributed by atoms with van der Waals surface area (Å²) in [6.45, 7) is 4.48. The highest BCUT2D eigenvalue weighted by Gasteiger charge is 2.46. The Morgan fingerprint density at radius 3 is 2.44 bits per heavy atom. The Balaban J connectivity index is 2.15. The largest absolute Gasteiger partial charge is 0.507 e. The number of amides is 1. The van der Waals surface area contributed by atoms with Gasteiger partial charge in [0.05, 0.1) is 18.7 Å². The van der Waals surface area contributed by atoms with Crippen LogP contribution in [0, 0.1) is 13.8 Å². The van der Waals surface area contributed by atoms with E-state index < -0.39 is 23.7 Å². The first-order valence-corrected chi connectivity index (χ1v) is 10.4. The van der Waals surface area contributed by atoms with Crippen molar-refractivity contribution < 1.29 is 24.2 Å². The van der Waals surface area contributed by atoms with Crippen LogP contribution in [0.2, 0.25) is 0 Å². The predicted molar refractivity (Wildman–Crippen MR) is 120 cm³/mol. The molecule has 0 saturated carbocycles. The van der Waals surface area contributed by atoms with E-state index in [0.717, 1.165) is 12.1 Å². The number of benzene rings is 1. The third-order valence-corrected chi connectivity index (χ3v) is 5.72. The summed E-state index contributed by atoms with van der Waals surface area (Å²) in [4.78, 5) is 44.6. The van der Waals surface area contributed by atoms with Crippen molar-refractivity contribution in [3.63, 3.8) is 0 Å². The number of Topliss-reactive ketones (excluding diaryl/α,β-unsaturated/α-hetero) is 1. The van der Waals surface area contributed by atoms with Crippen molar-refractivity contribution in [2.24, 2.45) is 0 Å². The molecule has 0 aliphatic carbocycles. The van der Waals surface area contributed by atoms with Gasteiger partial charge in [0, 0.05) is 17.8 Å². The zero-order chi connectivity index (χ0) is 23.6. The molecule has 170 valence electrons. The number of ketones is 1. The highest BCUT2D eigenvalue weighted by molar-refractivity contribution is 6.46. The van der Waals surface area contributed by atoms with Gasteiger partial charge in [-0.2, -0.15) is 0 Å². The first-order chi connectivity index (χ1) is 15.2. The van der Waals surface area contributed by atoms with Crippen LogP contribution in [0.1, 0.15) is 45.3 Å². The van der Waals surface area contributed by atoms with Crippen LogP contribution in [0.15, 0.2) is 35.9 Å². The number of ether oxygens (including phenoxy) is 1. The molecule has 1 aromatic carbocycles. The number of hydrogen-bond donors (Lipinski definition) is 2. The number of likely N-dealkylation sites (tertiary alicyclic amines) is 1. The molecule has 32 heavy (non-hydrogen) atoms. The zero-order valence-electron chi connectivity index (χ0n) is 19.1. The quantitative estimate of drug-likeness (QED) is 0.298. The van der Waals surface area contributed by atoms with Gasteiger partial charge < -0.3 is 24.6 Å². The number of H-pyrrole nitrogens is 1. The second-order valence-corrected chi connectivity index (χ2v) is 8.18. The summed E-state index contributed by atoms with van der Waals surface area (Å²) in [6, 6.07) is 8.46. The van der Waals surface area contributed by atoms with Crippen molar-refractivity contribution in [2.45, 2.75) is 26.3 Å². The van der Waals surface area contributed by atoms with E-state index in [4.69, 9.17) is 4.74 Å². The Bertz CT molecular complexity index is 1070. The number of carbonyl (C=O) groups excluding carboxylic acids is 3. The van der Waals surface area contributed by atoms with Crippen molar-refractivity contribution in [1.82, 2.24) is 14.8 Å². The Morgan fingerprint density at radius 2 is 1.84 bits per heavy atom. The highest BCUT2D eigenvalue weighted by Crippen LogP contribution is 2.40. The maximum absolute atomic E-state index is 13.1. The van der Waals surface area contributed by atoms with E-state index in [2.05, 4.69) is 4.98 Å². The number of esters is 1. The lowest BCUT2D eigenvalue weighted by molar-refractivity contribution is -0.139. The molecule has 8 nitrogen and oxygen atoms in total. The van der Waals surface area contributed by atoms with Crippen LogP contribution in [0.25, 0.3) is 5.76 Å². The van der Waals surface area contributed by atoms with E-state index in [9.17, 15) is 19.5 Å². The summed E-state index contributed by atoms with van der Waals surface area (Å²) >= 11 is 0. The monoisotopic (exact) mass is 439 g/mol. The van der Waals surface area contributed by atoms with Crippen LogP contribution >= 0.6 is 0 Å². The van der Waals surface area contributed by atoms with Crippen LogP contribution in [0.3, 0.4) is 0 Å². The molecule has 1 atom stereocenters. The molecule has 1 saturated heterocycles. The molecule has 2 N–H and O–H groups in total. The lowest BCUT2D eigenvalue weighted by Gasteiger charge is -2.26. The molecule has 2 heterocycles. The van der Waals surface area contributed by atoms with E-state index in [1.807, 2.05) is 49.3 Å². The number of aryl methyl sites for hydroxylation is 1. The number of methoxy groups -OCH3 is 1. The van der Waals surface area contributed by atoms with Crippen molar-refractivity contribution >= 4 is 23.4 Å². The molecular weight excluding hydrogens is 410 g/mol. The van der Waals surface area contributed by atoms with Crippen LogP contribution < -0.4 is 0 Å². The number of aromatic nitrogens is 1. The number of carbonyl (C=O) groups is 3. The second kappa shape index (κ2) is 9.40. The summed E-state index contributed by atoms with van der Waals surface area (Å²) in [5.74, 6) is -2.25. The molecule has 1 fully saturated rings. The predicted octanol–water partition coefficient (Wildman–Crippen LogP) is 2.79. The molecular formula is C24H29N3O5. The summed E-state index contributed by atoms with van der Waals surface area (Å²) in [6.07, 6.45) is 0.679. The number of aliphatic hydroxyl groups excluding tert-OH is 1. The van der Waals surface area contributed by atoms with Gasteiger partial charge in [-0.1, -0.05) is 30.3 Å². The lowest BCUT2D eigenvalue weighted by Crippen LogP contribution is -2.32. The fraction of sp³-hybridized carbons (Fsp3) is 0.375. The van der Waals surface area contributed by atoms with Crippen LogP contribution in [-0.4, -0.2) is 71.8 Å². The van der Waals surface area contributed by atoms with E-state index in [-0.39, 0.29) is 17.0 Å². The fourth-order valence-electron chi connectivity index (χ4n) is 4.20. The van der Waals surface area contributed by atoms with Gasteiger partial charge in [-0.05, 0) is 52.0 Å². The van der Waals surface area contributed by atoms with E-state index in [1.54, 1.807) is 13.8 Å². The Kier molecular flexibility index (Phi) is 6.84. The molecule has 1 amide bonds. The van der Waals surface area contributed by atoms with Gasteiger partial charge in [0.25, 0.3) is 11.7 Å². The molecule has 2 aromatic rings. The van der Waals surface area contributed by atoms with Gasteiger partial charge in [-0.15, -0.1) is 0 Å². The van der Waals surface area contributed by atoms with Crippen molar-refractivity contribution in [1.29, 1.82) is 0 Å². The van der Waals surface area contributed by atoms with E-state index >= 15 is 0 Å². The second-order valence-electron chi connectivity index (χ2n) is 8.18. The molecule has 8 heteroatoms. The van der Waals surface area contributed by atoms with Crippen LogP contribution in [0.4, 0.5) is 0 Å². The van der Waals surface area contributed by atoms with Crippen molar-refractivity contribution in [3.05, 3.63) is 64.0 Å². The van der Waals surface area contributed by atoms with E-state index in [1.165, 1.54) is 12.0 Å². The molecule has 1 aliphatic heterocycles. The van der Waals surface area contributed by atoms with Crippen LogP contribution in [-0.2, 0) is 14.3 Å². The molecule has 1 aromatic heterocycles. The molecule has 0 bridgehead atoms. The summed E-state index contributed by atoms with van der Waals surface area (Å²) < 4.78 is 4.80. The highest BCUT2D eigenvalue weighted by atomic mass is 16.5. The molecule has 1 aliphatic rings. The van der Waals surface area contributed by atoms with Gasteiger partial charge >= 0.3 is 5.97 Å². The Morgan fingerprint density at radius 1 is 1.19 bits per heavy atom. The SMILES string of the molecule is COC(=O)c1[nH]c(C)c(C(O)=C2C(=O)C(=O)N(CCCN(C)C)[C@@H]2c2ccccc2)c1C. The summed E-state index contributed by atoms with van der Waals surface area (Å²) in [7, 11) is 5.16. The lowest BCUT2D eigenvalue weighted by atomic mass is 9.94. The molecule has 0 radical (unpaired) electrons. The standard InChI is InChI=1S/C24H29N3O5/c1-14-17(15(2)25-19(14)24(31)32-5)21(28)18-20(16-10-7-6-8-11-16)27(23(30)22(18)29)13-9-12-26(3)4/h6-8,10-11,20,25,28H,9,12-13H2,1-5H3/t20-/m1/s1. The minimum Gasteiger partial charge on any atom is -0.507 e. The average molecular weight is 440 g/mol. The van der Waals surface area contributed by atoms with Gasteiger partial charge in [0.2, 0.25) is 0 Å². The van der Waals surface area contributed by atoms with Crippen molar-refractivity contribution in [2.75, 3.05) is 34.3 Å². The number of nitrogens with one attached hydrogen (secondary N) is 1. The number of aromatic amines is 1. The summed E-state index contributed by atoms with van der Waals surface area (Å²) in [5.41, 5.74) is 2.24. The third kappa shape index (κ3) is 4.18. The average Bonchev–Trinajstić information content (AvgIpc) is 3.20. The maximum Gasteiger partial charge on any atom is 0.354 e. The van der Waals surface area contributed by atoms with Crippen molar-refractivity contribution in [3.8, 4) is 0 Å². The van der Waals surface area contributed by atoms with Gasteiger partial charge in [0.1, 0.15) is 11.5 Å². The Labute approximate surface area is 187 Å². The normalized spacial score (nSPS) is 17.9. The first-order valence-electron chi connectivity index (χ1n) is 10.4. The van der Waals surface area contributed by atoms with Gasteiger partial charge in [-0.25, -0.2) is 4.79 Å². The van der Waals surface area contributed by atoms with Gasteiger partial charge in [-0.3, -0.25) is 9.59 Å². The smallest absolute Gasteiger partial charge is 0.354 e. The fourth-order valence-corrected chi connectivity index (χ4v) is 4.20. The van der Waals surface area contributed by atoms with Crippen LogP contribution in [0.5, 0.6) is 0 Å². The molecule has 3 rings (SSSR count). The topological polar surface area (TPSA) is 103 Å². The minimum absolute atomic E-state index is 0.0210. The number of aliphatic hydroxyl groups is 1. The maximum atomic E-state index is 13.1. The Hall–Kier alpha value is -3.39. The molecule has 0 unspecified atom stereocenters. The number of nitrogens with zero attached hydrogens (tertiary/aromatic N) is 2. The third-order valence-electron chi connectivity index (χ3n) is 5.72. The number of rotatable bonds is 7. The minimum atomic E-state index is -0.735. The summed E-state index contributed by atoms with van der Waals surface area (Å²) in [5, 5.41) is 11.3. The number of hydrogen-bond acceptors (Lipinski definition) is 6. The first kappa shape index (κ1) is 23.3. The van der Waals surface area contributed by atoms with E-state index in [0.29, 0.717) is 29.8 Å². The zero-order valence-corrected chi connectivity index (χ0v) is 19.1. The van der Waals surface area contributed by atoms with Gasteiger partial charge in [0.15, 0.2) is 0 Å². The molecule has 0 spiro atoms.